The molecule has 5 heteroatoms. The maximum atomic E-state index is 13.2. The molecule has 1 aromatic carbocycles. The number of amides is 1. The predicted octanol–water partition coefficient (Wildman–Crippen LogP) is 4.09. The average molecular weight is 407 g/mol. The van der Waals surface area contributed by atoms with E-state index in [0.29, 0.717) is 0 Å². The number of aromatic nitrogens is 2. The fraction of sp³-hybridized carbons (Fsp3) is 0.560. The number of hydrogen-bond acceptors (Lipinski definition) is 4. The standard InChI is InChI=1S/C25H34N4O/c1-26-24(30)25(12-7-13-29(18-25)17-20-8-3-2-4-9-20)14-21-10-5-6-11-23(21)22-15-27-19-28-16-22/h5-6,10-11,15-16,19-20H,2-4,7-9,12-14,17-18H2,1H3,(H,26,30)/t25-/m0/s1. The van der Waals surface area contributed by atoms with Gasteiger partial charge in [0.05, 0.1) is 5.41 Å². The van der Waals surface area contributed by atoms with Crippen LogP contribution in [-0.2, 0) is 11.2 Å². The molecule has 0 radical (unpaired) electrons. The first-order chi connectivity index (χ1) is 14.7. The van der Waals surface area contributed by atoms with E-state index in [2.05, 4.69) is 44.5 Å². The number of carbonyl (C=O) groups is 1. The Hall–Kier alpha value is -2.27. The highest BCUT2D eigenvalue weighted by Gasteiger charge is 2.42. The molecule has 2 fully saturated rings. The first kappa shape index (κ1) is 21.0. The molecule has 0 bridgehead atoms. The van der Waals surface area contributed by atoms with E-state index in [1.807, 2.05) is 12.4 Å². The molecule has 1 aromatic heterocycles. The van der Waals surface area contributed by atoms with Crippen molar-refractivity contribution in [1.82, 2.24) is 20.2 Å². The van der Waals surface area contributed by atoms with E-state index in [1.54, 1.807) is 13.4 Å². The third-order valence-corrected chi connectivity index (χ3v) is 7.02. The zero-order valence-electron chi connectivity index (χ0n) is 18.1. The minimum atomic E-state index is -0.382. The van der Waals surface area contributed by atoms with Crippen LogP contribution in [0.2, 0.25) is 0 Å². The molecule has 2 heterocycles. The zero-order valence-corrected chi connectivity index (χ0v) is 18.1. The first-order valence-electron chi connectivity index (χ1n) is 11.5. The van der Waals surface area contributed by atoms with Gasteiger partial charge < -0.3 is 10.2 Å². The van der Waals surface area contributed by atoms with Gasteiger partial charge in [-0.25, -0.2) is 9.97 Å². The lowest BCUT2D eigenvalue weighted by molar-refractivity contribution is -0.134. The summed E-state index contributed by atoms with van der Waals surface area (Å²) in [7, 11) is 1.78. The highest BCUT2D eigenvalue weighted by Crippen LogP contribution is 2.38. The fourth-order valence-electron chi connectivity index (χ4n) is 5.55. The molecule has 1 aliphatic carbocycles. The van der Waals surface area contributed by atoms with E-state index in [4.69, 9.17) is 0 Å². The molecule has 1 atom stereocenters. The lowest BCUT2D eigenvalue weighted by Gasteiger charge is -2.43. The van der Waals surface area contributed by atoms with Crippen molar-refractivity contribution in [1.29, 1.82) is 0 Å². The van der Waals surface area contributed by atoms with Gasteiger partial charge in [0.25, 0.3) is 0 Å². The maximum absolute atomic E-state index is 13.2. The smallest absolute Gasteiger partial charge is 0.227 e. The number of likely N-dealkylation sites (tertiary alicyclic amines) is 1. The van der Waals surface area contributed by atoms with Crippen LogP contribution in [-0.4, -0.2) is 47.5 Å². The molecule has 160 valence electrons. The van der Waals surface area contributed by atoms with Crippen LogP contribution in [0.3, 0.4) is 0 Å². The van der Waals surface area contributed by atoms with E-state index in [-0.39, 0.29) is 11.3 Å². The fourth-order valence-corrected chi connectivity index (χ4v) is 5.55. The first-order valence-corrected chi connectivity index (χ1v) is 11.5. The summed E-state index contributed by atoms with van der Waals surface area (Å²) in [6.45, 7) is 3.11. The number of hydrogen-bond donors (Lipinski definition) is 1. The number of rotatable bonds is 6. The largest absolute Gasteiger partial charge is 0.359 e. The van der Waals surface area contributed by atoms with Crippen LogP contribution in [0.1, 0.15) is 50.5 Å². The Morgan fingerprint density at radius 2 is 1.90 bits per heavy atom. The van der Waals surface area contributed by atoms with Gasteiger partial charge in [0, 0.05) is 38.1 Å². The molecule has 1 aliphatic heterocycles. The van der Waals surface area contributed by atoms with Crippen LogP contribution in [0.15, 0.2) is 43.0 Å². The molecular formula is C25H34N4O. The molecule has 5 nitrogen and oxygen atoms in total. The molecule has 2 aliphatic rings. The maximum Gasteiger partial charge on any atom is 0.227 e. The minimum Gasteiger partial charge on any atom is -0.359 e. The minimum absolute atomic E-state index is 0.176. The molecule has 4 rings (SSSR count). The van der Waals surface area contributed by atoms with Crippen molar-refractivity contribution in [3.05, 3.63) is 48.5 Å². The summed E-state index contributed by atoms with van der Waals surface area (Å²) in [5.41, 5.74) is 2.96. The normalized spacial score (nSPS) is 23.2. The number of nitrogens with zero attached hydrogens (tertiary/aromatic N) is 3. The highest BCUT2D eigenvalue weighted by atomic mass is 16.2. The Bertz CT molecular complexity index is 834. The summed E-state index contributed by atoms with van der Waals surface area (Å²) in [4.78, 5) is 24.2. The lowest BCUT2D eigenvalue weighted by atomic mass is 9.73. The van der Waals surface area contributed by atoms with Gasteiger partial charge in [-0.1, -0.05) is 43.5 Å². The molecule has 1 amide bonds. The van der Waals surface area contributed by atoms with Gasteiger partial charge in [0.15, 0.2) is 0 Å². The van der Waals surface area contributed by atoms with E-state index < -0.39 is 0 Å². The van der Waals surface area contributed by atoms with Crippen LogP contribution in [0, 0.1) is 11.3 Å². The Morgan fingerprint density at radius 1 is 1.13 bits per heavy atom. The van der Waals surface area contributed by atoms with Crippen LogP contribution in [0.4, 0.5) is 0 Å². The van der Waals surface area contributed by atoms with Crippen molar-refractivity contribution in [2.45, 2.75) is 51.4 Å². The third kappa shape index (κ3) is 4.72. The molecular weight excluding hydrogens is 372 g/mol. The summed E-state index contributed by atoms with van der Waals surface area (Å²) in [6, 6.07) is 8.40. The van der Waals surface area contributed by atoms with Gasteiger partial charge in [-0.15, -0.1) is 0 Å². The van der Waals surface area contributed by atoms with Gasteiger partial charge in [0.1, 0.15) is 6.33 Å². The van der Waals surface area contributed by atoms with E-state index in [0.717, 1.165) is 55.9 Å². The SMILES string of the molecule is CNC(=O)[C@]1(Cc2ccccc2-c2cncnc2)CCCN(CC2CCCCC2)C1. The molecule has 2 aromatic rings. The van der Waals surface area contributed by atoms with Gasteiger partial charge in [0.2, 0.25) is 5.91 Å². The van der Waals surface area contributed by atoms with E-state index >= 15 is 0 Å². The van der Waals surface area contributed by atoms with Gasteiger partial charge in [-0.05, 0) is 55.7 Å². The topological polar surface area (TPSA) is 58.1 Å². The van der Waals surface area contributed by atoms with Crippen LogP contribution < -0.4 is 5.32 Å². The van der Waals surface area contributed by atoms with E-state index in [1.165, 1.54) is 37.7 Å². The monoisotopic (exact) mass is 406 g/mol. The summed E-state index contributed by atoms with van der Waals surface area (Å²) in [5.74, 6) is 0.975. The third-order valence-electron chi connectivity index (χ3n) is 7.02. The van der Waals surface area contributed by atoms with Gasteiger partial charge in [-0.2, -0.15) is 0 Å². The van der Waals surface area contributed by atoms with Gasteiger partial charge >= 0.3 is 0 Å². The Balaban J connectivity index is 1.58. The van der Waals surface area contributed by atoms with Crippen molar-refractivity contribution in [3.63, 3.8) is 0 Å². The summed E-state index contributed by atoms with van der Waals surface area (Å²) < 4.78 is 0. The number of benzene rings is 1. The van der Waals surface area contributed by atoms with Gasteiger partial charge in [-0.3, -0.25) is 4.79 Å². The Labute approximate surface area is 180 Å². The van der Waals surface area contributed by atoms with Crippen LogP contribution in [0.25, 0.3) is 11.1 Å². The van der Waals surface area contributed by atoms with Crippen molar-refractivity contribution in [2.75, 3.05) is 26.7 Å². The summed E-state index contributed by atoms with van der Waals surface area (Å²) >= 11 is 0. The van der Waals surface area contributed by atoms with E-state index in [9.17, 15) is 4.79 Å². The molecule has 0 spiro atoms. The number of carbonyl (C=O) groups excluding carboxylic acids is 1. The van der Waals surface area contributed by atoms with Crippen LogP contribution in [0.5, 0.6) is 0 Å². The Morgan fingerprint density at radius 3 is 2.67 bits per heavy atom. The summed E-state index contributed by atoms with van der Waals surface area (Å²) in [5, 5.41) is 2.99. The quantitative estimate of drug-likeness (QED) is 0.785. The summed E-state index contributed by atoms with van der Waals surface area (Å²) in [6.07, 6.45) is 14.9. The lowest BCUT2D eigenvalue weighted by Crippen LogP contribution is -2.53. The van der Waals surface area contributed by atoms with Crippen molar-refractivity contribution >= 4 is 5.91 Å². The van der Waals surface area contributed by atoms with Crippen LogP contribution >= 0.6 is 0 Å². The molecule has 1 saturated carbocycles. The van der Waals surface area contributed by atoms with Crippen molar-refractivity contribution in [3.8, 4) is 11.1 Å². The molecule has 30 heavy (non-hydrogen) atoms. The second-order valence-corrected chi connectivity index (χ2v) is 9.16. The Kier molecular flexibility index (Phi) is 6.78. The number of piperidine rings is 1. The average Bonchev–Trinajstić information content (AvgIpc) is 2.80. The second kappa shape index (κ2) is 9.69. The molecule has 1 N–H and O–H groups in total. The second-order valence-electron chi connectivity index (χ2n) is 9.16. The highest BCUT2D eigenvalue weighted by molar-refractivity contribution is 5.83. The predicted molar refractivity (Wildman–Crippen MR) is 120 cm³/mol. The number of nitrogens with one attached hydrogen (secondary N) is 1. The molecule has 0 unspecified atom stereocenters. The molecule has 1 saturated heterocycles. The van der Waals surface area contributed by atoms with Crippen molar-refractivity contribution in [2.24, 2.45) is 11.3 Å². The van der Waals surface area contributed by atoms with Crippen molar-refractivity contribution < 1.29 is 4.79 Å². The zero-order chi connectivity index (χ0) is 20.8.